The Morgan fingerprint density at radius 1 is 0.879 bits per heavy atom. The van der Waals surface area contributed by atoms with Gasteiger partial charge in [0, 0.05) is 24.6 Å². The number of hydrogen-bond donors (Lipinski definition) is 1. The summed E-state index contributed by atoms with van der Waals surface area (Å²) in [6.07, 6.45) is 0.481. The maximum Gasteiger partial charge on any atom is 0.243 e. The lowest BCUT2D eigenvalue weighted by atomic mass is 10.00. The summed E-state index contributed by atoms with van der Waals surface area (Å²) in [6, 6.07) is 22.8. The second-order valence-electron chi connectivity index (χ2n) is 8.59. The number of rotatable bonds is 9. The van der Waals surface area contributed by atoms with Gasteiger partial charge in [0.25, 0.3) is 0 Å². The summed E-state index contributed by atoms with van der Waals surface area (Å²) in [5, 5.41) is 2.95. The fraction of sp³-hybridized carbons (Fsp3) is 0.286. The first-order valence-electron chi connectivity index (χ1n) is 11.3. The topological polar surface area (TPSA) is 49.4 Å². The zero-order valence-corrected chi connectivity index (χ0v) is 19.4. The summed E-state index contributed by atoms with van der Waals surface area (Å²) in [5.41, 5.74) is 3.21. The van der Waals surface area contributed by atoms with Crippen LogP contribution >= 0.6 is 0 Å². The van der Waals surface area contributed by atoms with Gasteiger partial charge in [-0.1, -0.05) is 72.8 Å². The Bertz CT molecular complexity index is 1080. The molecule has 5 heteroatoms. The number of halogens is 1. The van der Waals surface area contributed by atoms with Crippen molar-refractivity contribution in [3.63, 3.8) is 0 Å². The van der Waals surface area contributed by atoms with Crippen LogP contribution in [0.15, 0.2) is 78.9 Å². The summed E-state index contributed by atoms with van der Waals surface area (Å²) < 4.78 is 14.6. The van der Waals surface area contributed by atoms with Crippen molar-refractivity contribution in [1.82, 2.24) is 10.2 Å². The Morgan fingerprint density at radius 3 is 2.12 bits per heavy atom. The van der Waals surface area contributed by atoms with E-state index in [0.717, 1.165) is 16.7 Å². The number of nitrogens with zero attached hydrogens (tertiary/aromatic N) is 1. The maximum atomic E-state index is 14.6. The highest BCUT2D eigenvalue weighted by molar-refractivity contribution is 5.89. The lowest BCUT2D eigenvalue weighted by Crippen LogP contribution is -2.52. The molecule has 3 rings (SSSR count). The van der Waals surface area contributed by atoms with E-state index >= 15 is 0 Å². The average Bonchev–Trinajstić information content (AvgIpc) is 2.79. The molecule has 0 saturated carbocycles. The van der Waals surface area contributed by atoms with Crippen molar-refractivity contribution in [2.45, 2.75) is 52.2 Å². The second kappa shape index (κ2) is 11.4. The lowest BCUT2D eigenvalue weighted by molar-refractivity contribution is -0.141. The molecule has 3 aromatic carbocycles. The van der Waals surface area contributed by atoms with E-state index in [9.17, 15) is 14.0 Å². The van der Waals surface area contributed by atoms with E-state index in [0.29, 0.717) is 12.0 Å². The van der Waals surface area contributed by atoms with Crippen molar-refractivity contribution in [1.29, 1.82) is 0 Å². The van der Waals surface area contributed by atoms with Crippen LogP contribution in [0.5, 0.6) is 0 Å². The summed E-state index contributed by atoms with van der Waals surface area (Å²) in [5.74, 6) is -0.857. The predicted molar refractivity (Wildman–Crippen MR) is 129 cm³/mol. The Balaban J connectivity index is 1.99. The third kappa shape index (κ3) is 6.75. The standard InChI is InChI=1S/C28H31FN2O2/c1-20(2)30-28(33)26(17-22-12-5-4-6-13-22)31(19-24-15-9-10-16-25(24)29)27(32)18-23-14-8-7-11-21(23)3/h4-16,20,26H,17-19H2,1-3H3,(H,30,33). The summed E-state index contributed by atoms with van der Waals surface area (Å²) in [6.45, 7) is 5.73. The molecule has 2 amide bonds. The van der Waals surface area contributed by atoms with Crippen LogP contribution < -0.4 is 5.32 Å². The molecule has 0 radical (unpaired) electrons. The molecular formula is C28H31FN2O2. The van der Waals surface area contributed by atoms with Crippen LogP contribution in [0.4, 0.5) is 4.39 Å². The Kier molecular flexibility index (Phi) is 8.36. The molecule has 0 fully saturated rings. The van der Waals surface area contributed by atoms with Crippen LogP contribution in [0, 0.1) is 12.7 Å². The molecule has 0 saturated heterocycles. The number of carbonyl (C=O) groups is 2. The summed E-state index contributed by atoms with van der Waals surface area (Å²) in [4.78, 5) is 28.4. The van der Waals surface area contributed by atoms with Gasteiger partial charge in [0.2, 0.25) is 11.8 Å². The van der Waals surface area contributed by atoms with Gasteiger partial charge in [-0.2, -0.15) is 0 Å². The van der Waals surface area contributed by atoms with Gasteiger partial charge >= 0.3 is 0 Å². The molecular weight excluding hydrogens is 415 g/mol. The van der Waals surface area contributed by atoms with Crippen molar-refractivity contribution < 1.29 is 14.0 Å². The number of amides is 2. The Hall–Kier alpha value is -3.47. The first-order valence-corrected chi connectivity index (χ1v) is 11.3. The quantitative estimate of drug-likeness (QED) is 0.511. The SMILES string of the molecule is Cc1ccccc1CC(=O)N(Cc1ccccc1F)C(Cc1ccccc1)C(=O)NC(C)C. The van der Waals surface area contributed by atoms with Crippen molar-refractivity contribution in [2.75, 3.05) is 0 Å². The van der Waals surface area contributed by atoms with Crippen LogP contribution in [0.1, 0.15) is 36.1 Å². The van der Waals surface area contributed by atoms with Crippen LogP contribution in [0.2, 0.25) is 0 Å². The van der Waals surface area contributed by atoms with Crippen molar-refractivity contribution >= 4 is 11.8 Å². The third-order valence-corrected chi connectivity index (χ3v) is 5.60. The van der Waals surface area contributed by atoms with Crippen LogP contribution in [0.25, 0.3) is 0 Å². The molecule has 3 aromatic rings. The largest absolute Gasteiger partial charge is 0.352 e. The monoisotopic (exact) mass is 446 g/mol. The number of hydrogen-bond acceptors (Lipinski definition) is 2. The maximum absolute atomic E-state index is 14.6. The smallest absolute Gasteiger partial charge is 0.243 e. The van der Waals surface area contributed by atoms with E-state index < -0.39 is 11.9 Å². The van der Waals surface area contributed by atoms with Gasteiger partial charge in [-0.3, -0.25) is 9.59 Å². The first kappa shape index (κ1) is 24.2. The van der Waals surface area contributed by atoms with Crippen molar-refractivity contribution in [3.05, 3.63) is 107 Å². The zero-order chi connectivity index (χ0) is 23.8. The van der Waals surface area contributed by atoms with E-state index in [-0.39, 0.29) is 30.8 Å². The highest BCUT2D eigenvalue weighted by atomic mass is 19.1. The van der Waals surface area contributed by atoms with E-state index in [4.69, 9.17) is 0 Å². The molecule has 33 heavy (non-hydrogen) atoms. The van der Waals surface area contributed by atoms with Crippen molar-refractivity contribution in [3.8, 4) is 0 Å². The number of carbonyl (C=O) groups excluding carboxylic acids is 2. The molecule has 0 spiro atoms. The zero-order valence-electron chi connectivity index (χ0n) is 19.4. The normalized spacial score (nSPS) is 11.8. The van der Waals surface area contributed by atoms with Gasteiger partial charge in [0.05, 0.1) is 6.42 Å². The average molecular weight is 447 g/mol. The second-order valence-corrected chi connectivity index (χ2v) is 8.59. The number of benzene rings is 3. The van der Waals surface area contributed by atoms with E-state index in [1.54, 1.807) is 18.2 Å². The molecule has 1 N–H and O–H groups in total. The molecule has 0 bridgehead atoms. The molecule has 0 aliphatic rings. The van der Waals surface area contributed by atoms with Crippen LogP contribution in [-0.2, 0) is 29.0 Å². The fourth-order valence-electron chi connectivity index (χ4n) is 3.82. The van der Waals surface area contributed by atoms with E-state index in [2.05, 4.69) is 5.32 Å². The minimum atomic E-state index is -0.772. The van der Waals surface area contributed by atoms with E-state index in [1.807, 2.05) is 75.4 Å². The lowest BCUT2D eigenvalue weighted by Gasteiger charge is -2.32. The summed E-state index contributed by atoms with van der Waals surface area (Å²) in [7, 11) is 0. The molecule has 172 valence electrons. The van der Waals surface area contributed by atoms with Gasteiger partial charge in [-0.25, -0.2) is 4.39 Å². The number of aryl methyl sites for hydroxylation is 1. The minimum Gasteiger partial charge on any atom is -0.352 e. The van der Waals surface area contributed by atoms with E-state index in [1.165, 1.54) is 11.0 Å². The van der Waals surface area contributed by atoms with Crippen LogP contribution in [0.3, 0.4) is 0 Å². The fourth-order valence-corrected chi connectivity index (χ4v) is 3.82. The third-order valence-electron chi connectivity index (χ3n) is 5.60. The van der Waals surface area contributed by atoms with Crippen molar-refractivity contribution in [2.24, 2.45) is 0 Å². The van der Waals surface area contributed by atoms with Gasteiger partial charge in [-0.05, 0) is 43.5 Å². The predicted octanol–water partition coefficient (Wildman–Crippen LogP) is 4.84. The Morgan fingerprint density at radius 2 is 1.48 bits per heavy atom. The summed E-state index contributed by atoms with van der Waals surface area (Å²) >= 11 is 0. The molecule has 0 heterocycles. The highest BCUT2D eigenvalue weighted by Gasteiger charge is 2.31. The molecule has 0 aliphatic carbocycles. The number of nitrogens with one attached hydrogen (secondary N) is 1. The molecule has 0 aliphatic heterocycles. The van der Waals surface area contributed by atoms with Gasteiger partial charge < -0.3 is 10.2 Å². The van der Waals surface area contributed by atoms with Gasteiger partial charge in [-0.15, -0.1) is 0 Å². The van der Waals surface area contributed by atoms with Crippen LogP contribution in [-0.4, -0.2) is 28.8 Å². The van der Waals surface area contributed by atoms with Gasteiger partial charge in [0.1, 0.15) is 11.9 Å². The Labute approximate surface area is 195 Å². The minimum absolute atomic E-state index is 0.0143. The molecule has 1 unspecified atom stereocenters. The van der Waals surface area contributed by atoms with Gasteiger partial charge in [0.15, 0.2) is 0 Å². The molecule has 0 aromatic heterocycles. The first-order chi connectivity index (χ1) is 15.8. The highest BCUT2D eigenvalue weighted by Crippen LogP contribution is 2.19. The molecule has 4 nitrogen and oxygen atoms in total. The molecule has 1 atom stereocenters.